The third-order valence-electron chi connectivity index (χ3n) is 1.95. The van der Waals surface area contributed by atoms with E-state index in [4.69, 9.17) is 33.7 Å². The third kappa shape index (κ3) is 3.98. The van der Waals surface area contributed by atoms with E-state index < -0.39 is 0 Å². The van der Waals surface area contributed by atoms with Gasteiger partial charge in [0.05, 0.1) is 5.03 Å². The van der Waals surface area contributed by atoms with Crippen molar-refractivity contribution in [2.45, 2.75) is 13.0 Å². The van der Waals surface area contributed by atoms with E-state index in [0.29, 0.717) is 10.8 Å². The Bertz CT molecular complexity index is 394. The van der Waals surface area contributed by atoms with Crippen molar-refractivity contribution in [2.24, 2.45) is 5.73 Å². The molecule has 1 atom stereocenters. The van der Waals surface area contributed by atoms with Crippen LogP contribution in [0.4, 0.5) is 0 Å². The number of nitrogens with two attached hydrogens (primary N) is 1. The molecule has 0 aliphatic heterocycles. The first-order valence-corrected chi connectivity index (χ1v) is 6.28. The maximum absolute atomic E-state index is 5.83. The molecule has 0 bridgehead atoms. The summed E-state index contributed by atoms with van der Waals surface area (Å²) in [6.07, 6.45) is 0. The van der Waals surface area contributed by atoms with Crippen LogP contribution in [0.25, 0.3) is 0 Å². The lowest BCUT2D eigenvalue weighted by atomic mass is 10.1. The van der Waals surface area contributed by atoms with Gasteiger partial charge in [-0.2, -0.15) is 0 Å². The second-order valence-electron chi connectivity index (χ2n) is 3.32. The van der Waals surface area contributed by atoms with Crippen molar-refractivity contribution in [3.63, 3.8) is 0 Å². The minimum atomic E-state index is -0.0955. The Hall–Kier alpha value is -0.220. The fourth-order valence-corrected chi connectivity index (χ4v) is 1.65. The van der Waals surface area contributed by atoms with Crippen molar-refractivity contribution in [2.75, 3.05) is 6.61 Å². The summed E-state index contributed by atoms with van der Waals surface area (Å²) in [5, 5.41) is 0.442. The van der Waals surface area contributed by atoms with E-state index in [9.17, 15) is 0 Å². The van der Waals surface area contributed by atoms with Crippen LogP contribution in [0.3, 0.4) is 0 Å². The van der Waals surface area contributed by atoms with Crippen molar-refractivity contribution in [3.05, 3.63) is 38.8 Å². The molecule has 16 heavy (non-hydrogen) atoms. The smallest absolute Gasteiger partial charge is 0.125 e. The average Bonchev–Trinajstić information content (AvgIpc) is 2.25. The molecular weight excluding hydrogens is 313 g/mol. The zero-order chi connectivity index (χ0) is 12.1. The summed E-state index contributed by atoms with van der Waals surface area (Å²) in [5.41, 5.74) is 8.05. The molecular formula is C11H12BrCl2NO. The summed E-state index contributed by atoms with van der Waals surface area (Å²) in [4.78, 5) is 0. The maximum atomic E-state index is 5.83. The van der Waals surface area contributed by atoms with E-state index in [1.807, 2.05) is 25.1 Å². The monoisotopic (exact) mass is 323 g/mol. The van der Waals surface area contributed by atoms with Crippen LogP contribution in [-0.4, -0.2) is 6.61 Å². The summed E-state index contributed by atoms with van der Waals surface area (Å²) < 4.78 is 6.47. The Morgan fingerprint density at radius 1 is 1.62 bits per heavy atom. The van der Waals surface area contributed by atoms with Gasteiger partial charge in [-0.15, -0.1) is 0 Å². The molecule has 0 amide bonds. The molecule has 2 N–H and O–H groups in total. The van der Waals surface area contributed by atoms with Crippen LogP contribution >= 0.6 is 39.1 Å². The van der Waals surface area contributed by atoms with Gasteiger partial charge in [0.25, 0.3) is 0 Å². The third-order valence-corrected chi connectivity index (χ3v) is 3.04. The van der Waals surface area contributed by atoms with Crippen LogP contribution in [0.1, 0.15) is 18.5 Å². The van der Waals surface area contributed by atoms with Crippen LogP contribution < -0.4 is 10.5 Å². The molecule has 0 saturated carbocycles. The van der Waals surface area contributed by atoms with E-state index >= 15 is 0 Å². The average molecular weight is 325 g/mol. The van der Waals surface area contributed by atoms with Crippen molar-refractivity contribution in [1.29, 1.82) is 0 Å². The predicted molar refractivity (Wildman–Crippen MR) is 72.0 cm³/mol. The first-order valence-electron chi connectivity index (χ1n) is 4.67. The highest BCUT2D eigenvalue weighted by molar-refractivity contribution is 9.10. The molecule has 0 aliphatic carbocycles. The predicted octanol–water partition coefficient (Wildman–Crippen LogP) is 4.17. The van der Waals surface area contributed by atoms with Crippen LogP contribution in [0.15, 0.2) is 33.2 Å². The Balaban J connectivity index is 2.88. The number of ether oxygens (including phenoxy) is 1. The van der Waals surface area contributed by atoms with Crippen LogP contribution in [-0.2, 0) is 0 Å². The van der Waals surface area contributed by atoms with Gasteiger partial charge in [-0.05, 0) is 19.1 Å². The van der Waals surface area contributed by atoms with Gasteiger partial charge in [0.2, 0.25) is 0 Å². The Morgan fingerprint density at radius 2 is 2.31 bits per heavy atom. The molecule has 1 rings (SSSR count). The minimum absolute atomic E-state index is 0.0955. The molecule has 0 aliphatic rings. The minimum Gasteiger partial charge on any atom is -0.488 e. The summed E-state index contributed by atoms with van der Waals surface area (Å²) >= 11 is 14.6. The summed E-state index contributed by atoms with van der Waals surface area (Å²) in [7, 11) is 0. The molecule has 1 unspecified atom stereocenters. The molecule has 0 spiro atoms. The van der Waals surface area contributed by atoms with Gasteiger partial charge in [0, 0.05) is 21.6 Å². The Kier molecular flexibility index (Phi) is 5.62. The second-order valence-corrected chi connectivity index (χ2v) is 4.93. The van der Waals surface area contributed by atoms with Gasteiger partial charge < -0.3 is 10.5 Å². The van der Waals surface area contributed by atoms with E-state index in [-0.39, 0.29) is 12.6 Å². The fraction of sp³-hybridized carbons (Fsp3) is 0.273. The quantitative estimate of drug-likeness (QED) is 0.902. The van der Waals surface area contributed by atoms with Crippen molar-refractivity contribution in [1.82, 2.24) is 0 Å². The van der Waals surface area contributed by atoms with Gasteiger partial charge in [-0.1, -0.05) is 45.2 Å². The van der Waals surface area contributed by atoms with E-state index in [1.54, 1.807) is 0 Å². The lowest BCUT2D eigenvalue weighted by Gasteiger charge is -2.14. The number of benzene rings is 1. The Labute approximate surface area is 113 Å². The van der Waals surface area contributed by atoms with Crippen LogP contribution in [0.5, 0.6) is 5.75 Å². The lowest BCUT2D eigenvalue weighted by Crippen LogP contribution is -2.08. The first-order chi connectivity index (χ1) is 7.54. The highest BCUT2D eigenvalue weighted by Crippen LogP contribution is 2.28. The number of hydrogen-bond acceptors (Lipinski definition) is 2. The van der Waals surface area contributed by atoms with Crippen molar-refractivity contribution < 1.29 is 4.74 Å². The molecule has 0 fully saturated rings. The normalized spacial score (nSPS) is 13.7. The van der Waals surface area contributed by atoms with Gasteiger partial charge in [-0.25, -0.2) is 0 Å². The molecule has 88 valence electrons. The van der Waals surface area contributed by atoms with Crippen molar-refractivity contribution in [3.8, 4) is 5.75 Å². The number of hydrogen-bond donors (Lipinski definition) is 1. The van der Waals surface area contributed by atoms with E-state index in [2.05, 4.69) is 15.9 Å². The van der Waals surface area contributed by atoms with E-state index in [0.717, 1.165) is 10.0 Å². The standard InChI is InChI=1S/C11H12BrCl2NO/c1-7(15)10-3-2-8(12)4-11(10)16-6-9(14)5-13/h2-5,7H,6,15H2,1H3/b9-5-. The molecule has 0 saturated heterocycles. The van der Waals surface area contributed by atoms with Crippen molar-refractivity contribution >= 4 is 39.1 Å². The SMILES string of the molecule is CC(N)c1ccc(Br)cc1OC/C(Cl)=C/Cl. The van der Waals surface area contributed by atoms with E-state index in [1.165, 1.54) is 5.54 Å². The van der Waals surface area contributed by atoms with Crippen LogP contribution in [0.2, 0.25) is 0 Å². The lowest BCUT2D eigenvalue weighted by molar-refractivity contribution is 0.353. The number of halogens is 3. The number of rotatable bonds is 4. The largest absolute Gasteiger partial charge is 0.488 e. The molecule has 5 heteroatoms. The van der Waals surface area contributed by atoms with Gasteiger partial charge in [0.1, 0.15) is 12.4 Å². The molecule has 0 aromatic heterocycles. The summed E-state index contributed by atoms with van der Waals surface area (Å²) in [5.74, 6) is 0.709. The summed E-state index contributed by atoms with van der Waals surface area (Å²) in [6, 6.07) is 5.60. The molecule has 2 nitrogen and oxygen atoms in total. The first kappa shape index (κ1) is 13.8. The highest BCUT2D eigenvalue weighted by Gasteiger charge is 2.09. The van der Waals surface area contributed by atoms with Gasteiger partial charge >= 0.3 is 0 Å². The maximum Gasteiger partial charge on any atom is 0.125 e. The summed E-state index contributed by atoms with van der Waals surface area (Å²) in [6.45, 7) is 2.14. The molecule has 1 aromatic carbocycles. The Morgan fingerprint density at radius 3 is 2.88 bits per heavy atom. The fourth-order valence-electron chi connectivity index (χ4n) is 1.19. The van der Waals surface area contributed by atoms with Gasteiger partial charge in [-0.3, -0.25) is 0 Å². The topological polar surface area (TPSA) is 35.2 Å². The molecule has 1 aromatic rings. The zero-order valence-electron chi connectivity index (χ0n) is 8.71. The van der Waals surface area contributed by atoms with Crippen LogP contribution in [0, 0.1) is 0 Å². The highest BCUT2D eigenvalue weighted by atomic mass is 79.9. The van der Waals surface area contributed by atoms with Gasteiger partial charge in [0.15, 0.2) is 0 Å². The molecule has 0 heterocycles. The zero-order valence-corrected chi connectivity index (χ0v) is 11.8. The second kappa shape index (κ2) is 6.50. The molecule has 0 radical (unpaired) electrons.